The van der Waals surface area contributed by atoms with E-state index in [1.165, 1.54) is 141 Å². The summed E-state index contributed by atoms with van der Waals surface area (Å²) in [5.41, 5.74) is 0. The lowest BCUT2D eigenvalue weighted by Gasteiger charge is -2.21. The highest BCUT2D eigenvalue weighted by Gasteiger charge is 2.30. The number of hydrogen-bond donors (Lipinski definition) is 3. The van der Waals surface area contributed by atoms with Crippen molar-refractivity contribution in [1.82, 2.24) is 0 Å². The second-order valence-electron chi connectivity index (χ2n) is 25.1. The van der Waals surface area contributed by atoms with Crippen LogP contribution in [0.5, 0.6) is 0 Å². The maximum absolute atomic E-state index is 13.0. The van der Waals surface area contributed by atoms with Gasteiger partial charge in [-0.2, -0.15) is 0 Å². The molecular weight excluding hydrogens is 1170 g/mol. The highest BCUT2D eigenvalue weighted by Crippen LogP contribution is 2.45. The average molecular weight is 1310 g/mol. The Kier molecular flexibility index (Phi) is 61.2. The number of carbonyl (C=O) groups excluding carboxylic acids is 4. The van der Waals surface area contributed by atoms with E-state index in [2.05, 4.69) is 58.9 Å². The number of esters is 4. The number of unbranched alkanes of at least 4 members (excludes halogenated alkanes) is 37. The Hall–Kier alpha value is -2.46. The number of hydrogen-bond acceptors (Lipinski definition) is 15. The van der Waals surface area contributed by atoms with Gasteiger partial charge in [0.05, 0.1) is 26.4 Å². The van der Waals surface area contributed by atoms with Crippen LogP contribution in [-0.2, 0) is 65.4 Å². The number of aliphatic hydroxyl groups is 1. The maximum Gasteiger partial charge on any atom is 0.472 e. The smallest absolute Gasteiger partial charge is 0.462 e. The zero-order valence-corrected chi connectivity index (χ0v) is 58.8. The van der Waals surface area contributed by atoms with Crippen LogP contribution in [-0.4, -0.2) is 96.7 Å². The summed E-state index contributed by atoms with van der Waals surface area (Å²) in [4.78, 5) is 72.3. The molecule has 0 rings (SSSR count). The Labute approximate surface area is 542 Å². The minimum Gasteiger partial charge on any atom is -0.462 e. The van der Waals surface area contributed by atoms with Crippen LogP contribution in [0.1, 0.15) is 336 Å². The van der Waals surface area contributed by atoms with Gasteiger partial charge in [-0.05, 0) is 57.3 Å². The number of phosphoric ester groups is 2. The van der Waals surface area contributed by atoms with E-state index in [1.807, 2.05) is 0 Å². The van der Waals surface area contributed by atoms with Crippen molar-refractivity contribution in [3.8, 4) is 0 Å². The third-order valence-electron chi connectivity index (χ3n) is 15.7. The van der Waals surface area contributed by atoms with E-state index in [-0.39, 0.29) is 25.7 Å². The van der Waals surface area contributed by atoms with E-state index in [0.29, 0.717) is 25.7 Å². The molecule has 0 aliphatic carbocycles. The van der Waals surface area contributed by atoms with Crippen LogP contribution in [0.4, 0.5) is 0 Å². The normalized spacial score (nSPS) is 14.3. The zero-order valence-electron chi connectivity index (χ0n) is 57.0. The predicted octanol–water partition coefficient (Wildman–Crippen LogP) is 19.7. The molecule has 0 radical (unpaired) electrons. The monoisotopic (exact) mass is 1310 g/mol. The minimum absolute atomic E-state index is 0.0851. The van der Waals surface area contributed by atoms with Gasteiger partial charge in [-0.25, -0.2) is 9.13 Å². The molecule has 5 atom stereocenters. The fourth-order valence-corrected chi connectivity index (χ4v) is 11.7. The molecule has 0 aliphatic heterocycles. The Bertz CT molecular complexity index is 1810. The van der Waals surface area contributed by atoms with Crippen LogP contribution in [0.15, 0.2) is 24.3 Å². The summed E-state index contributed by atoms with van der Waals surface area (Å²) in [6.07, 6.45) is 52.4. The first-order chi connectivity index (χ1) is 43.0. The number of allylic oxidation sites excluding steroid dienone is 4. The first-order valence-corrected chi connectivity index (χ1v) is 38.9. The van der Waals surface area contributed by atoms with Crippen molar-refractivity contribution in [3.05, 3.63) is 24.3 Å². The fraction of sp³-hybridized carbons (Fsp3) is 0.886. The van der Waals surface area contributed by atoms with Crippen LogP contribution < -0.4 is 0 Å². The van der Waals surface area contributed by atoms with Crippen molar-refractivity contribution in [1.29, 1.82) is 0 Å². The Morgan fingerprint density at radius 3 is 0.921 bits per heavy atom. The topological polar surface area (TPSA) is 237 Å². The Balaban J connectivity index is 5.20. The number of ether oxygens (including phenoxy) is 4. The molecule has 3 N–H and O–H groups in total. The summed E-state index contributed by atoms with van der Waals surface area (Å²) in [6, 6.07) is 0. The Morgan fingerprint density at radius 1 is 0.348 bits per heavy atom. The minimum atomic E-state index is -4.96. The van der Waals surface area contributed by atoms with E-state index < -0.39 is 97.5 Å². The molecule has 0 aromatic carbocycles. The number of aliphatic hydroxyl groups excluding tert-OH is 1. The molecule has 0 spiro atoms. The lowest BCUT2D eigenvalue weighted by atomic mass is 10.0. The molecule has 0 heterocycles. The van der Waals surface area contributed by atoms with Gasteiger partial charge < -0.3 is 33.8 Å². The van der Waals surface area contributed by atoms with E-state index in [9.17, 15) is 43.2 Å². The molecular formula is C70H132O17P2. The summed E-state index contributed by atoms with van der Waals surface area (Å²) in [5, 5.41) is 10.6. The first kappa shape index (κ1) is 86.5. The third kappa shape index (κ3) is 64.1. The quantitative estimate of drug-likeness (QED) is 0.0169. The number of phosphoric acid groups is 2. The van der Waals surface area contributed by atoms with Crippen LogP contribution in [0, 0.1) is 5.92 Å². The van der Waals surface area contributed by atoms with Gasteiger partial charge in [-0.15, -0.1) is 0 Å². The summed E-state index contributed by atoms with van der Waals surface area (Å²) in [5.74, 6) is -1.38. The largest absolute Gasteiger partial charge is 0.472 e. The van der Waals surface area contributed by atoms with Crippen LogP contribution in [0.3, 0.4) is 0 Å². The van der Waals surface area contributed by atoms with Crippen LogP contribution in [0.2, 0.25) is 0 Å². The molecule has 524 valence electrons. The molecule has 0 aromatic heterocycles. The van der Waals surface area contributed by atoms with Crippen molar-refractivity contribution >= 4 is 39.5 Å². The van der Waals surface area contributed by atoms with Crippen molar-refractivity contribution in [2.45, 2.75) is 355 Å². The predicted molar refractivity (Wildman–Crippen MR) is 358 cm³/mol. The van der Waals surface area contributed by atoms with Gasteiger partial charge in [0.2, 0.25) is 0 Å². The molecule has 0 aromatic rings. The third-order valence-corrected chi connectivity index (χ3v) is 17.6. The highest BCUT2D eigenvalue weighted by molar-refractivity contribution is 7.47. The molecule has 0 fully saturated rings. The molecule has 19 heteroatoms. The lowest BCUT2D eigenvalue weighted by molar-refractivity contribution is -0.161. The van der Waals surface area contributed by atoms with Gasteiger partial charge in [0.25, 0.3) is 0 Å². The molecule has 0 saturated heterocycles. The second kappa shape index (κ2) is 63.0. The molecule has 0 bridgehead atoms. The molecule has 0 amide bonds. The van der Waals surface area contributed by atoms with E-state index in [1.54, 1.807) is 0 Å². The van der Waals surface area contributed by atoms with E-state index >= 15 is 0 Å². The first-order valence-electron chi connectivity index (χ1n) is 36.0. The SMILES string of the molecule is CCCCCC/C=C\C=C/CCCCCCCC(=O)O[C@H](COC(=O)CCCCCCCCCCCCCCC(C)C)COP(=O)(O)OC[C@@H](O)COP(=O)(O)OC[C@@H](COC(=O)CCCCCCC)OC(=O)CCCCCCCCCCCCCCCC. The van der Waals surface area contributed by atoms with Gasteiger partial charge in [0, 0.05) is 25.7 Å². The second-order valence-corrected chi connectivity index (χ2v) is 28.0. The van der Waals surface area contributed by atoms with Crippen molar-refractivity contribution in [2.75, 3.05) is 39.6 Å². The van der Waals surface area contributed by atoms with E-state index in [4.69, 9.17) is 37.0 Å². The zero-order chi connectivity index (χ0) is 65.6. The molecule has 2 unspecified atom stereocenters. The van der Waals surface area contributed by atoms with Gasteiger partial charge in [0.15, 0.2) is 12.2 Å². The standard InChI is InChI=1S/C70H132O17P2/c1-6-9-12-15-17-19-21-23-25-27-33-37-41-46-51-56-70(75)87-66(60-81-68(73)54-49-44-39-35-31-29-28-30-34-38-43-47-52-63(4)5)62-85-89(78,79)83-58-64(71)57-82-88(76,77)84-61-65(59-80-67(72)53-48-42-14-11-8-3)86-69(74)55-50-45-40-36-32-26-24-22-20-18-16-13-10-7-2/h19,21,23,25,63-66,71H,6-18,20,22,24,26-62H2,1-5H3,(H,76,77)(H,78,79)/b21-19-,25-23-/t64-,65+,66+/m0/s1. The molecule has 0 aliphatic rings. The Morgan fingerprint density at radius 2 is 0.607 bits per heavy atom. The molecule has 89 heavy (non-hydrogen) atoms. The van der Waals surface area contributed by atoms with Crippen LogP contribution >= 0.6 is 15.6 Å². The fourth-order valence-electron chi connectivity index (χ4n) is 10.1. The van der Waals surface area contributed by atoms with E-state index in [0.717, 1.165) is 115 Å². The summed E-state index contributed by atoms with van der Waals surface area (Å²) < 4.78 is 68.0. The van der Waals surface area contributed by atoms with Crippen molar-refractivity contribution in [3.63, 3.8) is 0 Å². The summed E-state index contributed by atoms with van der Waals surface area (Å²) in [7, 11) is -9.90. The number of rotatable bonds is 68. The van der Waals surface area contributed by atoms with Crippen molar-refractivity contribution in [2.24, 2.45) is 5.92 Å². The highest BCUT2D eigenvalue weighted by atomic mass is 31.2. The number of carbonyl (C=O) groups is 4. The van der Waals surface area contributed by atoms with Gasteiger partial charge in [-0.1, -0.05) is 284 Å². The van der Waals surface area contributed by atoms with Crippen LogP contribution in [0.25, 0.3) is 0 Å². The van der Waals surface area contributed by atoms with Gasteiger partial charge in [-0.3, -0.25) is 37.3 Å². The molecule has 17 nitrogen and oxygen atoms in total. The average Bonchev–Trinajstić information content (AvgIpc) is 3.70. The summed E-state index contributed by atoms with van der Waals surface area (Å²) >= 11 is 0. The van der Waals surface area contributed by atoms with Gasteiger partial charge >= 0.3 is 39.5 Å². The van der Waals surface area contributed by atoms with Crippen molar-refractivity contribution < 1.29 is 80.2 Å². The lowest BCUT2D eigenvalue weighted by Crippen LogP contribution is -2.30. The van der Waals surface area contributed by atoms with Gasteiger partial charge in [0.1, 0.15) is 19.3 Å². The molecule has 0 saturated carbocycles. The summed E-state index contributed by atoms with van der Waals surface area (Å²) in [6.45, 7) is 7.11. The maximum atomic E-state index is 13.0.